The zero-order valence-corrected chi connectivity index (χ0v) is 10.7. The molecule has 0 spiro atoms. The fourth-order valence-electron chi connectivity index (χ4n) is 1.60. The van der Waals surface area contributed by atoms with Gasteiger partial charge in [0.05, 0.1) is 11.2 Å². The number of aryl methyl sites for hydroxylation is 2. The predicted octanol–water partition coefficient (Wildman–Crippen LogP) is 2.69. The van der Waals surface area contributed by atoms with E-state index in [-0.39, 0.29) is 5.91 Å². The lowest BCUT2D eigenvalue weighted by Crippen LogP contribution is -2.22. The second-order valence-electron chi connectivity index (χ2n) is 3.94. The number of nitrogens with one attached hydrogen (secondary N) is 1. The van der Waals surface area contributed by atoms with E-state index in [0.717, 1.165) is 11.3 Å². The van der Waals surface area contributed by atoms with Crippen molar-refractivity contribution in [2.45, 2.75) is 20.4 Å². The summed E-state index contributed by atoms with van der Waals surface area (Å²) in [5.41, 5.74) is 4.79. The first-order chi connectivity index (χ1) is 8.16. The van der Waals surface area contributed by atoms with Gasteiger partial charge in [-0.15, -0.1) is 11.3 Å². The lowest BCUT2D eigenvalue weighted by atomic mass is 10.1. The van der Waals surface area contributed by atoms with E-state index in [9.17, 15) is 4.79 Å². The molecule has 0 saturated carbocycles. The zero-order chi connectivity index (χ0) is 12.3. The lowest BCUT2D eigenvalue weighted by molar-refractivity contribution is 0.0954. The maximum absolute atomic E-state index is 11.8. The van der Waals surface area contributed by atoms with E-state index in [1.165, 1.54) is 16.9 Å². The van der Waals surface area contributed by atoms with E-state index in [1.54, 1.807) is 5.51 Å². The summed E-state index contributed by atoms with van der Waals surface area (Å²) in [6.45, 7) is 4.44. The zero-order valence-electron chi connectivity index (χ0n) is 9.86. The van der Waals surface area contributed by atoms with Gasteiger partial charge in [0.25, 0.3) is 5.91 Å². The lowest BCUT2D eigenvalue weighted by Gasteiger charge is -2.05. The topological polar surface area (TPSA) is 42.0 Å². The van der Waals surface area contributed by atoms with Crippen molar-refractivity contribution in [1.29, 1.82) is 0 Å². The average Bonchev–Trinajstić information content (AvgIpc) is 2.72. The molecule has 0 radical (unpaired) electrons. The predicted molar refractivity (Wildman–Crippen MR) is 69.2 cm³/mol. The van der Waals surface area contributed by atoms with Crippen LogP contribution in [0.2, 0.25) is 0 Å². The van der Waals surface area contributed by atoms with Gasteiger partial charge in [0.15, 0.2) is 0 Å². The van der Waals surface area contributed by atoms with E-state index in [0.29, 0.717) is 11.4 Å². The Morgan fingerprint density at radius 1 is 1.41 bits per heavy atom. The van der Waals surface area contributed by atoms with E-state index >= 15 is 0 Å². The maximum atomic E-state index is 11.8. The van der Waals surface area contributed by atoms with Crippen LogP contribution in [0.1, 0.15) is 26.5 Å². The van der Waals surface area contributed by atoms with Crippen molar-refractivity contribution in [2.24, 2.45) is 0 Å². The number of nitrogens with zero attached hydrogens (tertiary/aromatic N) is 1. The third-order valence-corrected chi connectivity index (χ3v) is 3.41. The van der Waals surface area contributed by atoms with Crippen molar-refractivity contribution in [2.75, 3.05) is 0 Å². The van der Waals surface area contributed by atoms with Gasteiger partial charge in [-0.1, -0.05) is 29.8 Å². The number of carbonyl (C=O) groups is 1. The second-order valence-corrected chi connectivity index (χ2v) is 4.79. The van der Waals surface area contributed by atoms with Crippen LogP contribution in [-0.4, -0.2) is 10.9 Å². The highest BCUT2D eigenvalue weighted by molar-refractivity contribution is 7.11. The largest absolute Gasteiger partial charge is 0.347 e. The third kappa shape index (κ3) is 2.91. The van der Waals surface area contributed by atoms with Crippen LogP contribution in [0.3, 0.4) is 0 Å². The van der Waals surface area contributed by atoms with Gasteiger partial charge < -0.3 is 5.32 Å². The molecular formula is C13H14N2OS. The van der Waals surface area contributed by atoms with Crippen LogP contribution >= 0.6 is 11.3 Å². The minimum absolute atomic E-state index is 0.0495. The summed E-state index contributed by atoms with van der Waals surface area (Å²) in [4.78, 5) is 16.6. The van der Waals surface area contributed by atoms with Gasteiger partial charge in [0, 0.05) is 6.54 Å². The van der Waals surface area contributed by atoms with Gasteiger partial charge in [0.2, 0.25) is 0 Å². The molecule has 2 rings (SSSR count). The Morgan fingerprint density at radius 3 is 2.88 bits per heavy atom. The Bertz CT molecular complexity index is 534. The quantitative estimate of drug-likeness (QED) is 0.904. The highest BCUT2D eigenvalue weighted by Gasteiger charge is 2.10. The summed E-state index contributed by atoms with van der Waals surface area (Å²) in [5.74, 6) is -0.0495. The summed E-state index contributed by atoms with van der Waals surface area (Å²) in [6, 6.07) is 8.11. The number of hydrogen-bond acceptors (Lipinski definition) is 3. The van der Waals surface area contributed by atoms with Crippen LogP contribution in [0.25, 0.3) is 0 Å². The Labute approximate surface area is 105 Å². The molecule has 88 valence electrons. The van der Waals surface area contributed by atoms with Gasteiger partial charge in [-0.25, -0.2) is 4.98 Å². The number of carbonyl (C=O) groups excluding carboxylic acids is 1. The van der Waals surface area contributed by atoms with Gasteiger partial charge in [-0.3, -0.25) is 4.79 Å². The van der Waals surface area contributed by atoms with Crippen molar-refractivity contribution in [1.82, 2.24) is 10.3 Å². The minimum atomic E-state index is -0.0495. The molecule has 1 N–H and O–H groups in total. The number of benzene rings is 1. The maximum Gasteiger partial charge on any atom is 0.263 e. The molecule has 1 amide bonds. The molecular weight excluding hydrogens is 232 g/mol. The summed E-state index contributed by atoms with van der Waals surface area (Å²) in [5, 5.41) is 2.90. The number of thiazole rings is 1. The molecule has 1 aromatic carbocycles. The Hall–Kier alpha value is -1.68. The molecule has 0 aliphatic carbocycles. The molecule has 1 heterocycles. The van der Waals surface area contributed by atoms with Crippen molar-refractivity contribution >= 4 is 17.2 Å². The van der Waals surface area contributed by atoms with Crippen LogP contribution in [0.15, 0.2) is 29.8 Å². The summed E-state index contributed by atoms with van der Waals surface area (Å²) >= 11 is 1.37. The summed E-state index contributed by atoms with van der Waals surface area (Å²) in [6.07, 6.45) is 0. The van der Waals surface area contributed by atoms with Gasteiger partial charge in [-0.05, 0) is 19.4 Å². The highest BCUT2D eigenvalue weighted by Crippen LogP contribution is 2.12. The standard InChI is InChI=1S/C13H14N2OS/c1-9-4-3-5-11(6-9)7-14-13(16)12-10(2)15-8-17-12/h3-6,8H,7H2,1-2H3,(H,14,16). The average molecular weight is 246 g/mol. The molecule has 0 aliphatic rings. The molecule has 17 heavy (non-hydrogen) atoms. The normalized spacial score (nSPS) is 10.2. The van der Waals surface area contributed by atoms with Crippen molar-refractivity contribution in [3.05, 3.63) is 51.5 Å². The van der Waals surface area contributed by atoms with Crippen LogP contribution < -0.4 is 5.32 Å². The van der Waals surface area contributed by atoms with Crippen molar-refractivity contribution in [3.8, 4) is 0 Å². The number of aromatic nitrogens is 1. The smallest absolute Gasteiger partial charge is 0.263 e. The van der Waals surface area contributed by atoms with E-state index in [4.69, 9.17) is 0 Å². The molecule has 2 aromatic rings. The number of rotatable bonds is 3. The van der Waals surface area contributed by atoms with E-state index in [1.807, 2.05) is 32.0 Å². The van der Waals surface area contributed by atoms with Crippen LogP contribution in [-0.2, 0) is 6.54 Å². The molecule has 0 aliphatic heterocycles. The highest BCUT2D eigenvalue weighted by atomic mass is 32.1. The molecule has 0 fully saturated rings. The van der Waals surface area contributed by atoms with E-state index in [2.05, 4.69) is 16.4 Å². The second kappa shape index (κ2) is 5.10. The first kappa shape index (κ1) is 11.8. The van der Waals surface area contributed by atoms with E-state index < -0.39 is 0 Å². The third-order valence-electron chi connectivity index (χ3n) is 2.49. The Morgan fingerprint density at radius 2 is 2.24 bits per heavy atom. The Kier molecular flexibility index (Phi) is 3.54. The van der Waals surface area contributed by atoms with Crippen LogP contribution in [0.5, 0.6) is 0 Å². The van der Waals surface area contributed by atoms with Gasteiger partial charge in [0.1, 0.15) is 4.88 Å². The monoisotopic (exact) mass is 246 g/mol. The molecule has 3 nitrogen and oxygen atoms in total. The summed E-state index contributed by atoms with van der Waals surface area (Å²) in [7, 11) is 0. The number of hydrogen-bond donors (Lipinski definition) is 1. The van der Waals surface area contributed by atoms with Gasteiger partial charge >= 0.3 is 0 Å². The number of amides is 1. The molecule has 4 heteroatoms. The first-order valence-electron chi connectivity index (χ1n) is 5.40. The van der Waals surface area contributed by atoms with Crippen LogP contribution in [0.4, 0.5) is 0 Å². The molecule has 0 atom stereocenters. The van der Waals surface area contributed by atoms with Gasteiger partial charge in [-0.2, -0.15) is 0 Å². The van der Waals surface area contributed by atoms with Crippen LogP contribution in [0, 0.1) is 13.8 Å². The molecule has 0 unspecified atom stereocenters. The molecule has 0 saturated heterocycles. The van der Waals surface area contributed by atoms with Crippen molar-refractivity contribution < 1.29 is 4.79 Å². The minimum Gasteiger partial charge on any atom is -0.347 e. The summed E-state index contributed by atoms with van der Waals surface area (Å²) < 4.78 is 0. The fraction of sp³-hybridized carbons (Fsp3) is 0.231. The SMILES string of the molecule is Cc1cccc(CNC(=O)c2scnc2C)c1. The molecule has 0 bridgehead atoms. The fourth-order valence-corrected chi connectivity index (χ4v) is 2.32. The Balaban J connectivity index is 1.99. The van der Waals surface area contributed by atoms with Crippen molar-refractivity contribution in [3.63, 3.8) is 0 Å². The first-order valence-corrected chi connectivity index (χ1v) is 6.28. The molecule has 1 aromatic heterocycles.